The highest BCUT2D eigenvalue weighted by Crippen LogP contribution is 2.25. The summed E-state index contributed by atoms with van der Waals surface area (Å²) in [6.07, 6.45) is -1.53. The molecule has 0 atom stereocenters. The second-order valence-corrected chi connectivity index (χ2v) is 2.82. The zero-order valence-electron chi connectivity index (χ0n) is 6.72. The van der Waals surface area contributed by atoms with Crippen LogP contribution in [0, 0.1) is 0 Å². The quantitative estimate of drug-likeness (QED) is 0.549. The predicted molar refractivity (Wildman–Crippen MR) is 44.2 cm³/mol. The summed E-state index contributed by atoms with van der Waals surface area (Å²) in [5, 5.41) is -0.264. The Hall–Kier alpha value is -1.03. The molecule has 0 amide bonds. The van der Waals surface area contributed by atoms with Crippen LogP contribution in [0.25, 0.3) is 0 Å². The van der Waals surface area contributed by atoms with Crippen LogP contribution in [-0.4, -0.2) is 10.8 Å². The molecule has 2 nitrogen and oxygen atoms in total. The molecular formula is C8H6ClF2NO. The molecule has 0 aliphatic rings. The highest BCUT2D eigenvalue weighted by atomic mass is 35.5. The maximum Gasteiger partial charge on any atom is 0.266 e. The fourth-order valence-electron chi connectivity index (χ4n) is 0.811. The van der Waals surface area contributed by atoms with Crippen molar-refractivity contribution in [2.75, 3.05) is 0 Å². The molecule has 0 aliphatic heterocycles. The smallest absolute Gasteiger partial charge is 0.266 e. The minimum absolute atomic E-state index is 0.139. The van der Waals surface area contributed by atoms with Crippen LogP contribution in [0.1, 0.15) is 29.3 Å². The van der Waals surface area contributed by atoms with E-state index in [0.29, 0.717) is 0 Å². The summed E-state index contributed by atoms with van der Waals surface area (Å²) in [6.45, 7) is 1.28. The van der Waals surface area contributed by atoms with Crippen molar-refractivity contribution in [3.8, 4) is 0 Å². The molecule has 0 saturated heterocycles. The number of halogens is 3. The van der Waals surface area contributed by atoms with Crippen molar-refractivity contribution in [1.82, 2.24) is 4.98 Å². The molecule has 0 aromatic carbocycles. The molecule has 70 valence electrons. The monoisotopic (exact) mass is 205 g/mol. The standard InChI is InChI=1S/C8H6ClF2NO/c1-4(13)5-2-6(8(10)11)7(9)12-3-5/h2-3,8H,1H3. The lowest BCUT2D eigenvalue weighted by Crippen LogP contribution is -1.97. The first-order chi connectivity index (χ1) is 6.02. The highest BCUT2D eigenvalue weighted by Gasteiger charge is 2.14. The van der Waals surface area contributed by atoms with E-state index in [0.717, 1.165) is 6.07 Å². The summed E-state index contributed by atoms with van der Waals surface area (Å²) in [5.41, 5.74) is -0.269. The summed E-state index contributed by atoms with van der Waals surface area (Å²) in [6, 6.07) is 1.06. The van der Waals surface area contributed by atoms with Gasteiger partial charge in [0.25, 0.3) is 6.43 Å². The van der Waals surface area contributed by atoms with Crippen LogP contribution >= 0.6 is 11.6 Å². The molecule has 0 spiro atoms. The number of rotatable bonds is 2. The third-order valence-corrected chi connectivity index (χ3v) is 1.82. The van der Waals surface area contributed by atoms with Crippen molar-refractivity contribution in [2.45, 2.75) is 13.3 Å². The van der Waals surface area contributed by atoms with E-state index in [9.17, 15) is 13.6 Å². The van der Waals surface area contributed by atoms with Crippen molar-refractivity contribution in [3.63, 3.8) is 0 Å². The number of carbonyl (C=O) groups is 1. The van der Waals surface area contributed by atoms with Gasteiger partial charge in [0, 0.05) is 11.8 Å². The zero-order valence-corrected chi connectivity index (χ0v) is 7.48. The Balaban J connectivity index is 3.19. The molecular weight excluding hydrogens is 200 g/mol. The molecule has 0 fully saturated rings. The number of pyridine rings is 1. The van der Waals surface area contributed by atoms with Gasteiger partial charge in [-0.05, 0) is 13.0 Å². The van der Waals surface area contributed by atoms with Gasteiger partial charge >= 0.3 is 0 Å². The zero-order chi connectivity index (χ0) is 10.0. The van der Waals surface area contributed by atoms with Gasteiger partial charge < -0.3 is 0 Å². The van der Waals surface area contributed by atoms with Gasteiger partial charge in [0.2, 0.25) is 0 Å². The van der Waals surface area contributed by atoms with Gasteiger partial charge in [0.05, 0.1) is 5.56 Å². The molecule has 1 aromatic rings. The number of ketones is 1. The van der Waals surface area contributed by atoms with Gasteiger partial charge in [0.1, 0.15) is 5.15 Å². The fraction of sp³-hybridized carbons (Fsp3) is 0.250. The van der Waals surface area contributed by atoms with Gasteiger partial charge in [-0.15, -0.1) is 0 Å². The third kappa shape index (κ3) is 2.21. The molecule has 5 heteroatoms. The number of nitrogens with zero attached hydrogens (tertiary/aromatic N) is 1. The van der Waals surface area contributed by atoms with E-state index in [4.69, 9.17) is 11.6 Å². The Morgan fingerprint density at radius 3 is 2.69 bits per heavy atom. The van der Waals surface area contributed by atoms with E-state index >= 15 is 0 Å². The average Bonchev–Trinajstić information content (AvgIpc) is 2.04. The first kappa shape index (κ1) is 10.1. The Bertz CT molecular complexity index is 341. The topological polar surface area (TPSA) is 30.0 Å². The maximum absolute atomic E-state index is 12.2. The van der Waals surface area contributed by atoms with Crippen LogP contribution in [0.4, 0.5) is 8.78 Å². The molecule has 0 N–H and O–H groups in total. The summed E-state index contributed by atoms with van der Waals surface area (Å²) in [4.78, 5) is 14.3. The van der Waals surface area contributed by atoms with Crippen LogP contribution in [0.2, 0.25) is 5.15 Å². The van der Waals surface area contributed by atoms with Crippen molar-refractivity contribution in [2.24, 2.45) is 0 Å². The fourth-order valence-corrected chi connectivity index (χ4v) is 0.996. The first-order valence-corrected chi connectivity index (χ1v) is 3.84. The van der Waals surface area contributed by atoms with E-state index in [1.807, 2.05) is 0 Å². The number of Topliss-reactive ketones (excluding diaryl/α,β-unsaturated/α-hetero) is 1. The Kier molecular flexibility index (Phi) is 2.93. The molecule has 1 aromatic heterocycles. The minimum Gasteiger partial charge on any atom is -0.294 e. The SMILES string of the molecule is CC(=O)c1cnc(Cl)c(C(F)F)c1. The molecule has 1 heterocycles. The molecule has 0 saturated carbocycles. The molecule has 0 bridgehead atoms. The molecule has 0 aliphatic carbocycles. The Morgan fingerprint density at radius 2 is 2.23 bits per heavy atom. The Morgan fingerprint density at radius 1 is 1.62 bits per heavy atom. The molecule has 0 radical (unpaired) electrons. The van der Waals surface area contributed by atoms with Crippen LogP contribution in [-0.2, 0) is 0 Å². The molecule has 0 unspecified atom stereocenters. The summed E-state index contributed by atoms with van der Waals surface area (Å²) in [7, 11) is 0. The first-order valence-electron chi connectivity index (χ1n) is 3.47. The van der Waals surface area contributed by atoms with Gasteiger partial charge in [-0.3, -0.25) is 4.79 Å². The van der Waals surface area contributed by atoms with Crippen molar-refractivity contribution in [3.05, 3.63) is 28.5 Å². The van der Waals surface area contributed by atoms with E-state index in [1.54, 1.807) is 0 Å². The number of alkyl halides is 2. The van der Waals surface area contributed by atoms with E-state index < -0.39 is 12.0 Å². The highest BCUT2D eigenvalue weighted by molar-refractivity contribution is 6.30. The van der Waals surface area contributed by atoms with Crippen molar-refractivity contribution in [1.29, 1.82) is 0 Å². The second kappa shape index (κ2) is 3.79. The van der Waals surface area contributed by atoms with Gasteiger partial charge in [-0.2, -0.15) is 0 Å². The number of carbonyl (C=O) groups excluding carboxylic acids is 1. The lowest BCUT2D eigenvalue weighted by Gasteiger charge is -2.02. The Labute approximate surface area is 78.5 Å². The summed E-state index contributed by atoms with van der Waals surface area (Å²) in [5.74, 6) is -0.314. The minimum atomic E-state index is -2.71. The van der Waals surface area contributed by atoms with E-state index in [1.165, 1.54) is 13.1 Å². The van der Waals surface area contributed by atoms with E-state index in [2.05, 4.69) is 4.98 Å². The summed E-state index contributed by atoms with van der Waals surface area (Å²) >= 11 is 5.39. The van der Waals surface area contributed by atoms with E-state index in [-0.39, 0.29) is 16.5 Å². The second-order valence-electron chi connectivity index (χ2n) is 2.46. The maximum atomic E-state index is 12.2. The van der Waals surface area contributed by atoms with Crippen LogP contribution < -0.4 is 0 Å². The summed E-state index contributed by atoms with van der Waals surface area (Å²) < 4.78 is 24.5. The largest absolute Gasteiger partial charge is 0.294 e. The van der Waals surface area contributed by atoms with Crippen LogP contribution in [0.5, 0.6) is 0 Å². The van der Waals surface area contributed by atoms with Gasteiger partial charge in [-0.1, -0.05) is 11.6 Å². The van der Waals surface area contributed by atoms with Crippen molar-refractivity contribution >= 4 is 17.4 Å². The molecule has 1 rings (SSSR count). The predicted octanol–water partition coefficient (Wildman–Crippen LogP) is 2.88. The number of hydrogen-bond acceptors (Lipinski definition) is 2. The number of hydrogen-bond donors (Lipinski definition) is 0. The number of aromatic nitrogens is 1. The lowest BCUT2D eigenvalue weighted by atomic mass is 10.1. The third-order valence-electron chi connectivity index (χ3n) is 1.51. The molecule has 13 heavy (non-hydrogen) atoms. The van der Waals surface area contributed by atoms with Gasteiger partial charge in [0.15, 0.2) is 5.78 Å². The van der Waals surface area contributed by atoms with Crippen LogP contribution in [0.3, 0.4) is 0 Å². The lowest BCUT2D eigenvalue weighted by molar-refractivity contribution is 0.101. The van der Waals surface area contributed by atoms with Gasteiger partial charge in [-0.25, -0.2) is 13.8 Å². The van der Waals surface area contributed by atoms with Crippen LogP contribution in [0.15, 0.2) is 12.3 Å². The van der Waals surface area contributed by atoms with Crippen molar-refractivity contribution < 1.29 is 13.6 Å². The normalized spacial score (nSPS) is 10.5. The average molecular weight is 206 g/mol.